The average molecular weight is 559 g/mol. The molecule has 5 rings (SSSR count). The second-order valence-corrected chi connectivity index (χ2v) is 9.96. The first-order valence-electron chi connectivity index (χ1n) is 13.0. The zero-order chi connectivity index (χ0) is 28.2. The Bertz CT molecular complexity index is 1410. The Morgan fingerprint density at radius 2 is 1.50 bits per heavy atom. The summed E-state index contributed by atoms with van der Waals surface area (Å²) in [6.07, 6.45) is 1.33. The third-order valence-corrected chi connectivity index (χ3v) is 7.49. The van der Waals surface area contributed by atoms with Crippen molar-refractivity contribution >= 4 is 52.1 Å². The van der Waals surface area contributed by atoms with Gasteiger partial charge in [0.05, 0.1) is 26.3 Å². The SMILES string of the molecule is COc1ccc(NC(=O)C[C@@H]2C(=O)N(c3ccc(OC)cc3)C(=S)N2Cc2ccc(N3CCCC3=O)cc2)cc1. The molecule has 1 atom stereocenters. The minimum atomic E-state index is -0.798. The normalized spacial score (nSPS) is 17.0. The summed E-state index contributed by atoms with van der Waals surface area (Å²) in [5, 5.41) is 3.18. The molecule has 3 aromatic carbocycles. The number of carbonyl (C=O) groups excluding carboxylic acids is 3. The molecule has 0 saturated carbocycles. The summed E-state index contributed by atoms with van der Waals surface area (Å²) in [5.41, 5.74) is 2.95. The number of benzene rings is 3. The lowest BCUT2D eigenvalue weighted by molar-refractivity contribution is -0.124. The summed E-state index contributed by atoms with van der Waals surface area (Å²) in [6, 6.07) is 20.9. The van der Waals surface area contributed by atoms with Gasteiger partial charge in [0, 0.05) is 30.9 Å². The lowest BCUT2D eigenvalue weighted by Crippen LogP contribution is -2.37. The molecule has 206 valence electrons. The highest BCUT2D eigenvalue weighted by molar-refractivity contribution is 7.80. The second kappa shape index (κ2) is 11.7. The van der Waals surface area contributed by atoms with E-state index in [-0.39, 0.29) is 24.1 Å². The summed E-state index contributed by atoms with van der Waals surface area (Å²) in [6.45, 7) is 1.04. The number of nitrogens with one attached hydrogen (secondary N) is 1. The Hall–Kier alpha value is -4.44. The Labute approximate surface area is 238 Å². The van der Waals surface area contributed by atoms with Crippen molar-refractivity contribution in [1.29, 1.82) is 0 Å². The summed E-state index contributed by atoms with van der Waals surface area (Å²) in [5.74, 6) is 0.869. The van der Waals surface area contributed by atoms with Gasteiger partial charge in [-0.25, -0.2) is 0 Å². The molecule has 0 unspecified atom stereocenters. The number of nitrogens with zero attached hydrogens (tertiary/aromatic N) is 3. The molecule has 40 heavy (non-hydrogen) atoms. The maximum absolute atomic E-state index is 13.7. The third kappa shape index (κ3) is 5.62. The van der Waals surface area contributed by atoms with Gasteiger partial charge in [-0.2, -0.15) is 0 Å². The van der Waals surface area contributed by atoms with Gasteiger partial charge in [0.2, 0.25) is 11.8 Å². The average Bonchev–Trinajstić information content (AvgIpc) is 3.50. The summed E-state index contributed by atoms with van der Waals surface area (Å²) in [7, 11) is 3.15. The highest BCUT2D eigenvalue weighted by Crippen LogP contribution is 2.31. The van der Waals surface area contributed by atoms with Crippen LogP contribution >= 0.6 is 12.2 Å². The van der Waals surface area contributed by atoms with Crippen molar-refractivity contribution in [2.45, 2.75) is 31.8 Å². The Morgan fingerprint density at radius 3 is 2.08 bits per heavy atom. The van der Waals surface area contributed by atoms with E-state index < -0.39 is 6.04 Å². The molecular weight excluding hydrogens is 528 g/mol. The largest absolute Gasteiger partial charge is 0.497 e. The number of rotatable bonds is 9. The fraction of sp³-hybridized carbons (Fsp3) is 0.267. The van der Waals surface area contributed by atoms with Crippen LogP contribution in [0, 0.1) is 0 Å². The second-order valence-electron chi connectivity index (χ2n) is 9.59. The van der Waals surface area contributed by atoms with Gasteiger partial charge >= 0.3 is 0 Å². The number of anilines is 3. The maximum Gasteiger partial charge on any atom is 0.256 e. The smallest absolute Gasteiger partial charge is 0.256 e. The first-order chi connectivity index (χ1) is 19.4. The molecule has 3 amide bonds. The van der Waals surface area contributed by atoms with E-state index in [1.807, 2.05) is 24.3 Å². The number of methoxy groups -OCH3 is 2. The lowest BCUT2D eigenvalue weighted by Gasteiger charge is -2.24. The van der Waals surface area contributed by atoms with Gasteiger partial charge in [0.1, 0.15) is 17.5 Å². The molecule has 2 fully saturated rings. The molecule has 3 aromatic rings. The molecule has 0 bridgehead atoms. The fourth-order valence-corrected chi connectivity index (χ4v) is 5.33. The van der Waals surface area contributed by atoms with Crippen LogP contribution in [0.1, 0.15) is 24.8 Å². The highest BCUT2D eigenvalue weighted by Gasteiger charge is 2.44. The van der Waals surface area contributed by atoms with Crippen molar-refractivity contribution in [3.8, 4) is 11.5 Å². The van der Waals surface area contributed by atoms with Gasteiger partial charge in [-0.15, -0.1) is 0 Å². The van der Waals surface area contributed by atoms with Crippen LogP contribution in [-0.2, 0) is 20.9 Å². The van der Waals surface area contributed by atoms with Gasteiger partial charge in [0.15, 0.2) is 5.11 Å². The molecule has 0 radical (unpaired) electrons. The van der Waals surface area contributed by atoms with Gasteiger partial charge in [0.25, 0.3) is 5.91 Å². The van der Waals surface area contributed by atoms with Crippen LogP contribution in [0.15, 0.2) is 72.8 Å². The lowest BCUT2D eigenvalue weighted by atomic mass is 10.1. The molecule has 0 spiro atoms. The number of ether oxygens (including phenoxy) is 2. The molecule has 2 heterocycles. The molecule has 2 saturated heterocycles. The van der Waals surface area contributed by atoms with E-state index in [0.717, 1.165) is 17.7 Å². The van der Waals surface area contributed by atoms with E-state index in [0.29, 0.717) is 47.5 Å². The molecule has 1 N–H and O–H groups in total. The van der Waals surface area contributed by atoms with Crippen LogP contribution < -0.4 is 24.6 Å². The summed E-state index contributed by atoms with van der Waals surface area (Å²) >= 11 is 5.80. The molecule has 0 aromatic heterocycles. The van der Waals surface area contributed by atoms with Crippen molar-refractivity contribution in [2.75, 3.05) is 35.9 Å². The standard InChI is InChI=1S/C30H30N4O5S/c1-38-24-13-7-21(8-14-24)31-27(35)18-26-29(37)34(23-11-15-25(39-2)16-12-23)30(40)33(26)19-20-5-9-22(10-6-20)32-17-3-4-28(32)36/h5-16,26H,3-4,17-19H2,1-2H3,(H,31,35)/t26-/m1/s1. The van der Waals surface area contributed by atoms with Gasteiger partial charge in [-0.1, -0.05) is 12.1 Å². The van der Waals surface area contributed by atoms with Crippen LogP contribution in [0.2, 0.25) is 0 Å². The maximum atomic E-state index is 13.7. The Morgan fingerprint density at radius 1 is 0.900 bits per heavy atom. The molecule has 9 nitrogen and oxygen atoms in total. The van der Waals surface area contributed by atoms with Crippen LogP contribution in [0.3, 0.4) is 0 Å². The molecule has 2 aliphatic rings. The molecular formula is C30H30N4O5S. The number of hydrogen-bond acceptors (Lipinski definition) is 6. The van der Waals surface area contributed by atoms with E-state index in [1.165, 1.54) is 4.90 Å². The molecule has 10 heteroatoms. The van der Waals surface area contributed by atoms with Crippen molar-refractivity contribution in [1.82, 2.24) is 4.90 Å². The van der Waals surface area contributed by atoms with Crippen LogP contribution in [0.4, 0.5) is 17.1 Å². The minimum Gasteiger partial charge on any atom is -0.497 e. The predicted octanol–water partition coefficient (Wildman–Crippen LogP) is 4.36. The fourth-order valence-electron chi connectivity index (χ4n) is 4.94. The van der Waals surface area contributed by atoms with Crippen molar-refractivity contribution in [2.24, 2.45) is 0 Å². The molecule has 0 aliphatic carbocycles. The van der Waals surface area contributed by atoms with E-state index in [2.05, 4.69) is 5.32 Å². The van der Waals surface area contributed by atoms with E-state index in [4.69, 9.17) is 21.7 Å². The van der Waals surface area contributed by atoms with Crippen LogP contribution in [0.25, 0.3) is 0 Å². The minimum absolute atomic E-state index is 0.0853. The van der Waals surface area contributed by atoms with Crippen molar-refractivity contribution in [3.63, 3.8) is 0 Å². The third-order valence-electron chi connectivity index (χ3n) is 7.08. The van der Waals surface area contributed by atoms with Gasteiger partial charge in [-0.3, -0.25) is 19.3 Å². The number of amides is 3. The number of hydrogen-bond donors (Lipinski definition) is 1. The van der Waals surface area contributed by atoms with E-state index >= 15 is 0 Å². The first-order valence-corrected chi connectivity index (χ1v) is 13.4. The topological polar surface area (TPSA) is 91.4 Å². The van der Waals surface area contributed by atoms with Crippen molar-refractivity contribution in [3.05, 3.63) is 78.4 Å². The Balaban J connectivity index is 1.37. The first kappa shape index (κ1) is 27.1. The van der Waals surface area contributed by atoms with Crippen LogP contribution in [0.5, 0.6) is 11.5 Å². The Kier molecular flexibility index (Phi) is 7.97. The number of carbonyl (C=O) groups is 3. The molecule has 2 aliphatic heterocycles. The zero-order valence-electron chi connectivity index (χ0n) is 22.3. The van der Waals surface area contributed by atoms with E-state index in [9.17, 15) is 14.4 Å². The van der Waals surface area contributed by atoms with Crippen LogP contribution in [-0.4, -0.2) is 54.5 Å². The quantitative estimate of drug-likeness (QED) is 0.390. The summed E-state index contributed by atoms with van der Waals surface area (Å²) in [4.78, 5) is 44.0. The van der Waals surface area contributed by atoms with Crippen molar-refractivity contribution < 1.29 is 23.9 Å². The predicted molar refractivity (Wildman–Crippen MR) is 157 cm³/mol. The van der Waals surface area contributed by atoms with Gasteiger partial charge in [-0.05, 0) is 84.9 Å². The van der Waals surface area contributed by atoms with Gasteiger partial charge < -0.3 is 24.6 Å². The highest BCUT2D eigenvalue weighted by atomic mass is 32.1. The van der Waals surface area contributed by atoms with E-state index in [1.54, 1.807) is 72.6 Å². The summed E-state index contributed by atoms with van der Waals surface area (Å²) < 4.78 is 10.4. The zero-order valence-corrected chi connectivity index (χ0v) is 23.1. The number of thiocarbonyl (C=S) groups is 1. The monoisotopic (exact) mass is 558 g/mol.